The first-order valence-electron chi connectivity index (χ1n) is 8.30. The van der Waals surface area contributed by atoms with Crippen molar-refractivity contribution in [3.63, 3.8) is 0 Å². The van der Waals surface area contributed by atoms with Crippen molar-refractivity contribution in [1.82, 2.24) is 0 Å². The molecule has 0 aromatic heterocycles. The molecule has 0 N–H and O–H groups in total. The third kappa shape index (κ3) is 8.25. The van der Waals surface area contributed by atoms with Gasteiger partial charge in [0.1, 0.15) is 0 Å². The van der Waals surface area contributed by atoms with Crippen molar-refractivity contribution in [2.75, 3.05) is 7.11 Å². The quantitative estimate of drug-likeness (QED) is 0.162. The van der Waals surface area contributed by atoms with Gasteiger partial charge in [-0.2, -0.15) is 0 Å². The average molecular weight is 311 g/mol. The SMILES string of the molecule is C=CCC(CCCCCCCC)=C(C(=O)OC)[Si](C)(C)C. The Labute approximate surface area is 132 Å². The molecule has 0 heterocycles. The Hall–Kier alpha value is -0.833. The van der Waals surface area contributed by atoms with Crippen LogP contribution < -0.4 is 0 Å². The summed E-state index contributed by atoms with van der Waals surface area (Å²) in [6.07, 6.45) is 11.4. The van der Waals surface area contributed by atoms with E-state index in [-0.39, 0.29) is 5.97 Å². The monoisotopic (exact) mass is 310 g/mol. The van der Waals surface area contributed by atoms with Crippen LogP contribution in [0.1, 0.15) is 58.3 Å². The van der Waals surface area contributed by atoms with Gasteiger partial charge in [0.2, 0.25) is 0 Å². The van der Waals surface area contributed by atoms with Gasteiger partial charge in [0, 0.05) is 5.20 Å². The van der Waals surface area contributed by atoms with Gasteiger partial charge in [-0.25, -0.2) is 4.79 Å². The molecule has 0 unspecified atom stereocenters. The molecule has 0 atom stereocenters. The molecule has 0 spiro atoms. The summed E-state index contributed by atoms with van der Waals surface area (Å²) in [5.74, 6) is -0.128. The van der Waals surface area contributed by atoms with E-state index in [1.807, 2.05) is 6.08 Å². The summed E-state index contributed by atoms with van der Waals surface area (Å²) in [6.45, 7) is 12.7. The van der Waals surface area contributed by atoms with Crippen LogP contribution in [0, 0.1) is 0 Å². The van der Waals surface area contributed by atoms with Crippen LogP contribution in [0.25, 0.3) is 0 Å². The van der Waals surface area contributed by atoms with E-state index in [9.17, 15) is 4.79 Å². The average Bonchev–Trinajstić information content (AvgIpc) is 2.41. The van der Waals surface area contributed by atoms with E-state index in [2.05, 4.69) is 33.1 Å². The maximum absolute atomic E-state index is 12.2. The molecule has 0 aliphatic rings. The number of hydrogen-bond acceptors (Lipinski definition) is 2. The van der Waals surface area contributed by atoms with E-state index in [1.165, 1.54) is 44.8 Å². The van der Waals surface area contributed by atoms with Crippen LogP contribution in [0.3, 0.4) is 0 Å². The van der Waals surface area contributed by atoms with E-state index in [4.69, 9.17) is 4.74 Å². The fourth-order valence-corrected chi connectivity index (χ4v) is 4.71. The molecule has 0 fully saturated rings. The standard InChI is InChI=1S/C18H34O2Si/c1-7-9-10-11-12-13-15-16(14-8-2)17(18(19)20-3)21(4,5)6/h8H,2,7,9-15H2,1,3-6H3. The highest BCUT2D eigenvalue weighted by Gasteiger charge is 2.29. The number of unbranched alkanes of at least 4 members (excludes halogenated alkanes) is 5. The summed E-state index contributed by atoms with van der Waals surface area (Å²) in [5.41, 5.74) is 1.26. The minimum Gasteiger partial charge on any atom is -0.466 e. The Morgan fingerprint density at radius 3 is 2.14 bits per heavy atom. The maximum Gasteiger partial charge on any atom is 0.329 e. The van der Waals surface area contributed by atoms with Gasteiger partial charge in [-0.15, -0.1) is 6.58 Å². The Morgan fingerprint density at radius 2 is 1.67 bits per heavy atom. The van der Waals surface area contributed by atoms with Crippen molar-refractivity contribution in [3.8, 4) is 0 Å². The van der Waals surface area contributed by atoms with Crippen LogP contribution in [-0.2, 0) is 9.53 Å². The van der Waals surface area contributed by atoms with E-state index in [0.29, 0.717) is 0 Å². The number of rotatable bonds is 11. The minimum absolute atomic E-state index is 0.128. The number of esters is 1. The van der Waals surface area contributed by atoms with Crippen LogP contribution in [0.15, 0.2) is 23.4 Å². The zero-order valence-electron chi connectivity index (χ0n) is 14.8. The second-order valence-electron chi connectivity index (χ2n) is 6.73. The number of methoxy groups -OCH3 is 1. The van der Waals surface area contributed by atoms with E-state index in [0.717, 1.165) is 24.5 Å². The molecular formula is C18H34O2Si. The Kier molecular flexibility index (Phi) is 10.4. The fourth-order valence-electron chi connectivity index (χ4n) is 2.70. The lowest BCUT2D eigenvalue weighted by molar-refractivity contribution is -0.135. The Morgan fingerprint density at radius 1 is 1.10 bits per heavy atom. The highest BCUT2D eigenvalue weighted by Crippen LogP contribution is 2.26. The minimum atomic E-state index is -1.69. The normalized spacial score (nSPS) is 12.8. The highest BCUT2D eigenvalue weighted by atomic mass is 28.3. The van der Waals surface area contributed by atoms with Gasteiger partial charge < -0.3 is 4.74 Å². The topological polar surface area (TPSA) is 26.3 Å². The Balaban J connectivity index is 4.83. The lowest BCUT2D eigenvalue weighted by Crippen LogP contribution is -2.32. The highest BCUT2D eigenvalue weighted by molar-refractivity contribution is 6.87. The summed E-state index contributed by atoms with van der Waals surface area (Å²) in [5, 5.41) is 0.971. The molecule has 122 valence electrons. The summed E-state index contributed by atoms with van der Waals surface area (Å²) < 4.78 is 5.03. The van der Waals surface area contributed by atoms with E-state index in [1.54, 1.807) is 0 Å². The molecule has 0 saturated carbocycles. The van der Waals surface area contributed by atoms with Crippen LogP contribution in [0.2, 0.25) is 19.6 Å². The lowest BCUT2D eigenvalue weighted by atomic mass is 10.0. The fraction of sp³-hybridized carbons (Fsp3) is 0.722. The Bertz CT molecular complexity index is 351. The molecule has 0 saturated heterocycles. The maximum atomic E-state index is 12.2. The van der Waals surface area contributed by atoms with E-state index < -0.39 is 8.07 Å². The number of ether oxygens (including phenoxy) is 1. The van der Waals surface area contributed by atoms with Crippen molar-refractivity contribution in [1.29, 1.82) is 0 Å². The molecule has 0 rings (SSSR count). The van der Waals surface area contributed by atoms with Crippen molar-refractivity contribution in [2.24, 2.45) is 0 Å². The van der Waals surface area contributed by atoms with Gasteiger partial charge in [0.15, 0.2) is 0 Å². The second-order valence-corrected chi connectivity index (χ2v) is 11.7. The molecule has 0 bridgehead atoms. The largest absolute Gasteiger partial charge is 0.466 e. The summed E-state index contributed by atoms with van der Waals surface area (Å²) in [7, 11) is -0.210. The first-order chi connectivity index (χ1) is 9.88. The number of carbonyl (C=O) groups is 1. The van der Waals surface area contributed by atoms with Crippen LogP contribution in [0.5, 0.6) is 0 Å². The predicted molar refractivity (Wildman–Crippen MR) is 95.2 cm³/mol. The molecule has 21 heavy (non-hydrogen) atoms. The second kappa shape index (κ2) is 10.8. The van der Waals surface area contributed by atoms with Gasteiger partial charge in [0.25, 0.3) is 0 Å². The van der Waals surface area contributed by atoms with Gasteiger partial charge in [-0.1, -0.05) is 70.3 Å². The molecule has 3 heteroatoms. The molecular weight excluding hydrogens is 276 g/mol. The van der Waals surface area contributed by atoms with Gasteiger partial charge in [-0.05, 0) is 19.3 Å². The van der Waals surface area contributed by atoms with Crippen molar-refractivity contribution < 1.29 is 9.53 Å². The number of hydrogen-bond donors (Lipinski definition) is 0. The number of carbonyl (C=O) groups excluding carboxylic acids is 1. The smallest absolute Gasteiger partial charge is 0.329 e. The third-order valence-electron chi connectivity index (χ3n) is 3.72. The molecule has 0 aromatic carbocycles. The summed E-state index contributed by atoms with van der Waals surface area (Å²) in [4.78, 5) is 12.2. The predicted octanol–water partition coefficient (Wildman–Crippen LogP) is 5.66. The molecule has 0 aliphatic heterocycles. The third-order valence-corrected chi connectivity index (χ3v) is 5.77. The first kappa shape index (κ1) is 20.2. The zero-order valence-corrected chi connectivity index (χ0v) is 15.8. The van der Waals surface area contributed by atoms with Crippen LogP contribution >= 0.6 is 0 Å². The summed E-state index contributed by atoms with van der Waals surface area (Å²) in [6, 6.07) is 0. The first-order valence-corrected chi connectivity index (χ1v) is 11.8. The summed E-state index contributed by atoms with van der Waals surface area (Å²) >= 11 is 0. The van der Waals surface area contributed by atoms with Gasteiger partial charge in [-0.3, -0.25) is 0 Å². The molecule has 2 nitrogen and oxygen atoms in total. The molecule has 0 aromatic rings. The zero-order chi connectivity index (χ0) is 16.3. The molecule has 0 aliphatic carbocycles. The van der Waals surface area contributed by atoms with E-state index >= 15 is 0 Å². The van der Waals surface area contributed by atoms with Crippen molar-refractivity contribution in [2.45, 2.75) is 77.9 Å². The van der Waals surface area contributed by atoms with Gasteiger partial charge in [0.05, 0.1) is 15.2 Å². The number of allylic oxidation sites excluding steroid dienone is 2. The van der Waals surface area contributed by atoms with Crippen molar-refractivity contribution in [3.05, 3.63) is 23.4 Å². The molecule has 0 amide bonds. The van der Waals surface area contributed by atoms with Crippen molar-refractivity contribution >= 4 is 14.0 Å². The molecule has 0 radical (unpaired) electrons. The van der Waals surface area contributed by atoms with Crippen LogP contribution in [-0.4, -0.2) is 21.2 Å². The van der Waals surface area contributed by atoms with Crippen LogP contribution in [0.4, 0.5) is 0 Å². The lowest BCUT2D eigenvalue weighted by Gasteiger charge is -2.23. The van der Waals surface area contributed by atoms with Gasteiger partial charge >= 0.3 is 5.97 Å².